The van der Waals surface area contributed by atoms with Crippen LogP contribution in [-0.2, 0) is 0 Å². The number of hydrogen-bond acceptors (Lipinski definition) is 5. The molecule has 26 heavy (non-hydrogen) atoms. The van der Waals surface area contributed by atoms with Crippen molar-refractivity contribution in [3.63, 3.8) is 0 Å². The Labute approximate surface area is 151 Å². The zero-order valence-electron chi connectivity index (χ0n) is 14.4. The van der Waals surface area contributed by atoms with Crippen molar-refractivity contribution < 1.29 is 9.72 Å². The first-order chi connectivity index (χ1) is 12.6. The van der Waals surface area contributed by atoms with Gasteiger partial charge in [0.1, 0.15) is 5.69 Å². The smallest absolute Gasteiger partial charge is 0.293 e. The number of rotatable bonds is 6. The molecule has 2 aromatic carbocycles. The van der Waals surface area contributed by atoms with Gasteiger partial charge in [0.25, 0.3) is 11.6 Å². The first-order valence-corrected chi connectivity index (χ1v) is 8.70. The molecule has 0 heterocycles. The fourth-order valence-corrected chi connectivity index (χ4v) is 3.37. The van der Waals surface area contributed by atoms with E-state index in [1.807, 2.05) is 30.3 Å². The number of anilines is 2. The third kappa shape index (κ3) is 4.00. The third-order valence-electron chi connectivity index (χ3n) is 4.79. The first-order valence-electron chi connectivity index (χ1n) is 8.70. The molecule has 2 unspecified atom stereocenters. The van der Waals surface area contributed by atoms with Gasteiger partial charge < -0.3 is 16.4 Å². The van der Waals surface area contributed by atoms with E-state index in [1.54, 1.807) is 12.1 Å². The summed E-state index contributed by atoms with van der Waals surface area (Å²) in [6.45, 7) is 0.533. The monoisotopic (exact) mass is 354 g/mol. The van der Waals surface area contributed by atoms with Crippen LogP contribution >= 0.6 is 0 Å². The Morgan fingerprint density at radius 3 is 2.65 bits per heavy atom. The number of nitro groups is 1. The Hall–Kier alpha value is -2.93. The van der Waals surface area contributed by atoms with Crippen molar-refractivity contribution in [3.8, 4) is 0 Å². The minimum atomic E-state index is -0.486. The molecular formula is C19H22N4O3. The predicted octanol–water partition coefficient (Wildman–Crippen LogP) is 3.20. The Bertz CT molecular complexity index is 795. The van der Waals surface area contributed by atoms with E-state index in [2.05, 4.69) is 10.6 Å². The van der Waals surface area contributed by atoms with E-state index in [0.29, 0.717) is 12.2 Å². The molecule has 136 valence electrons. The second kappa shape index (κ2) is 7.97. The van der Waals surface area contributed by atoms with E-state index >= 15 is 0 Å². The highest BCUT2D eigenvalue weighted by Gasteiger charge is 2.28. The summed E-state index contributed by atoms with van der Waals surface area (Å²) in [5, 5.41) is 17.4. The maximum absolute atomic E-state index is 12.5. The summed E-state index contributed by atoms with van der Waals surface area (Å²) >= 11 is 0. The highest BCUT2D eigenvalue weighted by atomic mass is 16.6. The molecule has 1 fully saturated rings. The van der Waals surface area contributed by atoms with Crippen molar-refractivity contribution in [2.75, 3.05) is 11.9 Å². The molecule has 0 aromatic heterocycles. The number of carbonyl (C=O) groups excluding carboxylic acids is 1. The lowest BCUT2D eigenvalue weighted by molar-refractivity contribution is -0.383. The molecule has 2 aromatic rings. The molecule has 0 bridgehead atoms. The lowest BCUT2D eigenvalue weighted by Crippen LogP contribution is -2.39. The van der Waals surface area contributed by atoms with Gasteiger partial charge in [0.05, 0.1) is 4.92 Å². The average Bonchev–Trinajstić information content (AvgIpc) is 3.09. The van der Waals surface area contributed by atoms with Gasteiger partial charge >= 0.3 is 0 Å². The highest BCUT2D eigenvalue weighted by molar-refractivity contribution is 5.96. The van der Waals surface area contributed by atoms with Gasteiger partial charge in [0, 0.05) is 23.4 Å². The Balaban J connectivity index is 1.79. The van der Waals surface area contributed by atoms with Gasteiger partial charge in [0.15, 0.2) is 0 Å². The van der Waals surface area contributed by atoms with Crippen LogP contribution in [0, 0.1) is 16.0 Å². The third-order valence-corrected chi connectivity index (χ3v) is 4.79. The lowest BCUT2D eigenvalue weighted by Gasteiger charge is -2.19. The molecule has 1 amide bonds. The molecule has 0 spiro atoms. The van der Waals surface area contributed by atoms with E-state index < -0.39 is 4.92 Å². The molecular weight excluding hydrogens is 332 g/mol. The number of carbonyl (C=O) groups is 1. The van der Waals surface area contributed by atoms with E-state index in [4.69, 9.17) is 5.73 Å². The van der Waals surface area contributed by atoms with Crippen LogP contribution in [0.4, 0.5) is 17.1 Å². The van der Waals surface area contributed by atoms with Crippen molar-refractivity contribution in [2.45, 2.75) is 25.3 Å². The van der Waals surface area contributed by atoms with E-state index in [9.17, 15) is 14.9 Å². The molecule has 0 radical (unpaired) electrons. The van der Waals surface area contributed by atoms with Crippen molar-refractivity contribution in [2.24, 2.45) is 11.7 Å². The summed E-state index contributed by atoms with van der Waals surface area (Å²) in [4.78, 5) is 23.5. The second-order valence-corrected chi connectivity index (χ2v) is 6.49. The van der Waals surface area contributed by atoms with Gasteiger partial charge in [-0.05, 0) is 49.6 Å². The summed E-state index contributed by atoms with van der Waals surface area (Å²) in [7, 11) is 0. The van der Waals surface area contributed by atoms with Crippen LogP contribution in [0.25, 0.3) is 0 Å². The summed E-state index contributed by atoms with van der Waals surface area (Å²) in [6, 6.07) is 13.7. The SMILES string of the molecule is NCC1CCCC1NC(=O)c1ccc(Nc2ccccc2)c([N+](=O)[O-])c1. The zero-order chi connectivity index (χ0) is 18.5. The van der Waals surface area contributed by atoms with Crippen LogP contribution in [0.2, 0.25) is 0 Å². The van der Waals surface area contributed by atoms with Crippen molar-refractivity contribution in [1.82, 2.24) is 5.32 Å². The topological polar surface area (TPSA) is 110 Å². The van der Waals surface area contributed by atoms with Gasteiger partial charge in [0.2, 0.25) is 0 Å². The highest BCUT2D eigenvalue weighted by Crippen LogP contribution is 2.29. The molecule has 1 aliphatic carbocycles. The van der Waals surface area contributed by atoms with E-state index in [0.717, 1.165) is 24.9 Å². The molecule has 3 rings (SSSR count). The van der Waals surface area contributed by atoms with Gasteiger partial charge in [-0.1, -0.05) is 24.6 Å². The number of nitro benzene ring substituents is 1. The van der Waals surface area contributed by atoms with Crippen LogP contribution in [-0.4, -0.2) is 23.4 Å². The summed E-state index contributed by atoms with van der Waals surface area (Å²) in [5.41, 5.74) is 6.97. The standard InChI is InChI=1S/C19H22N4O3/c20-12-14-5-4-8-16(14)22-19(24)13-9-10-17(18(11-13)23(25)26)21-15-6-2-1-3-7-15/h1-3,6-7,9-11,14,16,21H,4-5,8,12,20H2,(H,22,24). The number of amides is 1. The molecule has 7 nitrogen and oxygen atoms in total. The van der Waals surface area contributed by atoms with E-state index in [1.165, 1.54) is 6.07 Å². The average molecular weight is 354 g/mol. The normalized spacial score (nSPS) is 19.1. The predicted molar refractivity (Wildman–Crippen MR) is 100 cm³/mol. The second-order valence-electron chi connectivity index (χ2n) is 6.49. The Morgan fingerprint density at radius 1 is 1.19 bits per heavy atom. The fourth-order valence-electron chi connectivity index (χ4n) is 3.37. The van der Waals surface area contributed by atoms with Crippen molar-refractivity contribution in [3.05, 3.63) is 64.2 Å². The van der Waals surface area contributed by atoms with Crippen LogP contribution in [0.3, 0.4) is 0 Å². The molecule has 2 atom stereocenters. The maximum Gasteiger partial charge on any atom is 0.293 e. The lowest BCUT2D eigenvalue weighted by atomic mass is 10.0. The van der Waals surface area contributed by atoms with Crippen LogP contribution < -0.4 is 16.4 Å². The van der Waals surface area contributed by atoms with Crippen molar-refractivity contribution in [1.29, 1.82) is 0 Å². The van der Waals surface area contributed by atoms with Gasteiger partial charge in [-0.3, -0.25) is 14.9 Å². The molecule has 0 aliphatic heterocycles. The first kappa shape index (κ1) is 17.9. The number of benzene rings is 2. The van der Waals surface area contributed by atoms with Crippen molar-refractivity contribution >= 4 is 23.0 Å². The maximum atomic E-state index is 12.5. The number of para-hydroxylation sites is 1. The minimum Gasteiger partial charge on any atom is -0.350 e. The number of nitrogens with zero attached hydrogens (tertiary/aromatic N) is 1. The largest absolute Gasteiger partial charge is 0.350 e. The quantitative estimate of drug-likeness (QED) is 0.545. The van der Waals surface area contributed by atoms with E-state index in [-0.39, 0.29) is 29.1 Å². The van der Waals surface area contributed by atoms with Crippen LogP contribution in [0.5, 0.6) is 0 Å². The van der Waals surface area contributed by atoms with Gasteiger partial charge in [-0.25, -0.2) is 0 Å². The summed E-state index contributed by atoms with van der Waals surface area (Å²) in [6.07, 6.45) is 2.93. The molecule has 1 saturated carbocycles. The zero-order valence-corrected chi connectivity index (χ0v) is 14.4. The summed E-state index contributed by atoms with van der Waals surface area (Å²) < 4.78 is 0. The van der Waals surface area contributed by atoms with Crippen LogP contribution in [0.1, 0.15) is 29.6 Å². The molecule has 1 aliphatic rings. The number of nitrogens with two attached hydrogens (primary N) is 1. The minimum absolute atomic E-state index is 0.0358. The van der Waals surface area contributed by atoms with Crippen LogP contribution in [0.15, 0.2) is 48.5 Å². The molecule has 7 heteroatoms. The van der Waals surface area contributed by atoms with Gasteiger partial charge in [-0.15, -0.1) is 0 Å². The van der Waals surface area contributed by atoms with Gasteiger partial charge in [-0.2, -0.15) is 0 Å². The molecule has 0 saturated heterocycles. The number of nitrogens with one attached hydrogen (secondary N) is 2. The Morgan fingerprint density at radius 2 is 1.96 bits per heavy atom. The Kier molecular flexibility index (Phi) is 5.48. The fraction of sp³-hybridized carbons (Fsp3) is 0.316. The number of hydrogen-bond donors (Lipinski definition) is 3. The molecule has 4 N–H and O–H groups in total. The summed E-state index contributed by atoms with van der Waals surface area (Å²) in [5.74, 6) is -0.0299.